The van der Waals surface area contributed by atoms with Gasteiger partial charge in [-0.3, -0.25) is 9.52 Å². The van der Waals surface area contributed by atoms with Gasteiger partial charge in [0.1, 0.15) is 5.75 Å². The van der Waals surface area contributed by atoms with E-state index in [0.29, 0.717) is 29.8 Å². The number of carbonyl (C=O) groups is 1. The van der Waals surface area contributed by atoms with Crippen molar-refractivity contribution < 1.29 is 18.3 Å². The van der Waals surface area contributed by atoms with Crippen molar-refractivity contribution in [1.29, 1.82) is 5.26 Å². The molecule has 7 nitrogen and oxygen atoms in total. The predicted octanol–water partition coefficient (Wildman–Crippen LogP) is 4.80. The first-order valence-electron chi connectivity index (χ1n) is 11.2. The monoisotopic (exact) mass is 489 g/mol. The SMILES string of the molecule is CC(C)(C)c1ccc(-c2ccc3c(c2)CCN(c2ccc(O)c(NS(C)(=O)=O)c2)C3=O)c(C#N)c1. The number of nitrogens with zero attached hydrogens (tertiary/aromatic N) is 2. The summed E-state index contributed by atoms with van der Waals surface area (Å²) in [4.78, 5) is 14.9. The van der Waals surface area contributed by atoms with Gasteiger partial charge in [0.2, 0.25) is 10.0 Å². The van der Waals surface area contributed by atoms with E-state index in [1.165, 1.54) is 12.1 Å². The van der Waals surface area contributed by atoms with Crippen molar-refractivity contribution in [2.45, 2.75) is 32.6 Å². The lowest BCUT2D eigenvalue weighted by atomic mass is 9.84. The van der Waals surface area contributed by atoms with Crippen LogP contribution in [0.4, 0.5) is 11.4 Å². The maximum atomic E-state index is 13.3. The second kappa shape index (κ2) is 8.75. The third-order valence-electron chi connectivity index (χ3n) is 6.09. The molecule has 2 N–H and O–H groups in total. The average molecular weight is 490 g/mol. The first-order chi connectivity index (χ1) is 16.4. The highest BCUT2D eigenvalue weighted by Gasteiger charge is 2.27. The molecule has 1 amide bonds. The lowest BCUT2D eigenvalue weighted by molar-refractivity contribution is 0.0980. The average Bonchev–Trinajstić information content (AvgIpc) is 2.79. The van der Waals surface area contributed by atoms with Crippen LogP contribution in [0.3, 0.4) is 0 Å². The van der Waals surface area contributed by atoms with Crippen LogP contribution in [0.2, 0.25) is 0 Å². The fraction of sp³-hybridized carbons (Fsp3) is 0.259. The quantitative estimate of drug-likeness (QED) is 0.512. The van der Waals surface area contributed by atoms with Crippen LogP contribution in [0.5, 0.6) is 5.75 Å². The van der Waals surface area contributed by atoms with E-state index in [4.69, 9.17) is 0 Å². The number of sulfonamides is 1. The zero-order valence-electron chi connectivity index (χ0n) is 20.1. The summed E-state index contributed by atoms with van der Waals surface area (Å²) in [5, 5.41) is 19.8. The Hall–Kier alpha value is -3.83. The zero-order valence-corrected chi connectivity index (χ0v) is 20.9. The van der Waals surface area contributed by atoms with Crippen LogP contribution in [0.25, 0.3) is 11.1 Å². The number of nitrogens with one attached hydrogen (secondary N) is 1. The van der Waals surface area contributed by atoms with Crippen molar-refractivity contribution in [2.24, 2.45) is 0 Å². The number of amides is 1. The number of fused-ring (bicyclic) bond motifs is 1. The van der Waals surface area contributed by atoms with Gasteiger partial charge < -0.3 is 10.0 Å². The van der Waals surface area contributed by atoms with E-state index in [2.05, 4.69) is 31.6 Å². The molecular weight excluding hydrogens is 462 g/mol. The molecule has 3 aromatic rings. The number of phenolic OH excluding ortho intramolecular Hbond substituents is 1. The predicted molar refractivity (Wildman–Crippen MR) is 137 cm³/mol. The molecule has 3 aromatic carbocycles. The standard InChI is InChI=1S/C27H27N3O4S/c1-27(2,3)20-6-9-22(19(14-20)16-28)17-5-8-23-18(13-17)11-12-30(26(23)32)21-7-10-25(31)24(15-21)29-35(4,33)34/h5-10,13-15,29,31H,11-12H2,1-4H3. The Morgan fingerprint density at radius 2 is 1.74 bits per heavy atom. The Kier molecular flexibility index (Phi) is 6.07. The van der Waals surface area contributed by atoms with E-state index in [1.807, 2.05) is 30.3 Å². The minimum atomic E-state index is -3.59. The number of aromatic hydroxyl groups is 1. The number of anilines is 2. The highest BCUT2D eigenvalue weighted by atomic mass is 32.2. The summed E-state index contributed by atoms with van der Waals surface area (Å²) in [6, 6.07) is 18.2. The molecular formula is C27H27N3O4S. The molecule has 0 aromatic heterocycles. The van der Waals surface area contributed by atoms with Crippen LogP contribution in [-0.4, -0.2) is 32.2 Å². The van der Waals surface area contributed by atoms with Gasteiger partial charge in [0.05, 0.1) is 23.6 Å². The van der Waals surface area contributed by atoms with E-state index in [0.717, 1.165) is 28.5 Å². The molecule has 180 valence electrons. The summed E-state index contributed by atoms with van der Waals surface area (Å²) >= 11 is 0. The summed E-state index contributed by atoms with van der Waals surface area (Å²) in [5.74, 6) is -0.433. The second-order valence-electron chi connectivity index (χ2n) is 9.78. The molecule has 8 heteroatoms. The first-order valence-corrected chi connectivity index (χ1v) is 13.1. The number of phenols is 1. The molecule has 0 atom stereocenters. The number of rotatable bonds is 4. The van der Waals surface area contributed by atoms with Crippen LogP contribution in [-0.2, 0) is 21.9 Å². The van der Waals surface area contributed by atoms with Crippen molar-refractivity contribution in [1.82, 2.24) is 0 Å². The Bertz CT molecular complexity index is 1480. The van der Waals surface area contributed by atoms with Crippen molar-refractivity contribution >= 4 is 27.3 Å². The fourth-order valence-corrected chi connectivity index (χ4v) is 4.79. The summed E-state index contributed by atoms with van der Waals surface area (Å²) in [6.07, 6.45) is 1.58. The van der Waals surface area contributed by atoms with Crippen LogP contribution in [0.1, 0.15) is 47.8 Å². The van der Waals surface area contributed by atoms with Gasteiger partial charge in [0, 0.05) is 17.8 Å². The smallest absolute Gasteiger partial charge is 0.258 e. The Morgan fingerprint density at radius 1 is 1.03 bits per heavy atom. The van der Waals surface area contributed by atoms with E-state index < -0.39 is 10.0 Å². The number of hydrogen-bond acceptors (Lipinski definition) is 5. The number of carbonyl (C=O) groups excluding carboxylic acids is 1. The molecule has 1 heterocycles. The lowest BCUT2D eigenvalue weighted by Crippen LogP contribution is -2.37. The molecule has 0 saturated carbocycles. The normalized spacial score (nSPS) is 13.8. The van der Waals surface area contributed by atoms with Gasteiger partial charge in [-0.15, -0.1) is 0 Å². The van der Waals surface area contributed by atoms with Gasteiger partial charge in [0.15, 0.2) is 0 Å². The van der Waals surface area contributed by atoms with Gasteiger partial charge >= 0.3 is 0 Å². The molecule has 35 heavy (non-hydrogen) atoms. The largest absolute Gasteiger partial charge is 0.506 e. The zero-order chi connectivity index (χ0) is 25.5. The lowest BCUT2D eigenvalue weighted by Gasteiger charge is -2.29. The van der Waals surface area contributed by atoms with Gasteiger partial charge in [-0.1, -0.05) is 45.0 Å². The number of benzene rings is 3. The van der Waals surface area contributed by atoms with Gasteiger partial charge in [-0.05, 0) is 64.4 Å². The molecule has 4 rings (SSSR count). The third kappa shape index (κ3) is 5.00. The molecule has 1 aliphatic rings. The number of nitriles is 1. The summed E-state index contributed by atoms with van der Waals surface area (Å²) in [5.41, 5.74) is 5.26. The van der Waals surface area contributed by atoms with Crippen molar-refractivity contribution in [2.75, 3.05) is 22.4 Å². The Balaban J connectivity index is 1.67. The maximum Gasteiger partial charge on any atom is 0.258 e. The summed E-state index contributed by atoms with van der Waals surface area (Å²) < 4.78 is 25.5. The van der Waals surface area contributed by atoms with Crippen molar-refractivity contribution in [3.63, 3.8) is 0 Å². The van der Waals surface area contributed by atoms with Crippen LogP contribution >= 0.6 is 0 Å². The Morgan fingerprint density at radius 3 is 2.40 bits per heavy atom. The summed E-state index contributed by atoms with van der Waals surface area (Å²) in [6.45, 7) is 6.71. The van der Waals surface area contributed by atoms with Gasteiger partial charge in [0.25, 0.3) is 5.91 Å². The first kappa shape index (κ1) is 24.3. The molecule has 0 radical (unpaired) electrons. The molecule has 0 aliphatic carbocycles. The van der Waals surface area contributed by atoms with Crippen molar-refractivity contribution in [3.8, 4) is 22.9 Å². The molecule has 0 fully saturated rings. The molecule has 0 spiro atoms. The summed E-state index contributed by atoms with van der Waals surface area (Å²) in [7, 11) is -3.59. The highest BCUT2D eigenvalue weighted by molar-refractivity contribution is 7.92. The van der Waals surface area contributed by atoms with Gasteiger partial charge in [-0.2, -0.15) is 5.26 Å². The molecule has 0 unspecified atom stereocenters. The van der Waals surface area contributed by atoms with Crippen LogP contribution in [0.15, 0.2) is 54.6 Å². The van der Waals surface area contributed by atoms with E-state index in [1.54, 1.807) is 17.0 Å². The highest BCUT2D eigenvalue weighted by Crippen LogP contribution is 2.35. The van der Waals surface area contributed by atoms with Gasteiger partial charge in [-0.25, -0.2) is 8.42 Å². The van der Waals surface area contributed by atoms with Crippen LogP contribution < -0.4 is 9.62 Å². The van der Waals surface area contributed by atoms with Crippen LogP contribution in [0, 0.1) is 11.3 Å². The second-order valence-corrected chi connectivity index (χ2v) is 11.5. The molecule has 1 aliphatic heterocycles. The van der Waals surface area contributed by atoms with E-state index in [-0.39, 0.29) is 22.8 Å². The molecule has 0 bridgehead atoms. The fourth-order valence-electron chi connectivity index (χ4n) is 4.23. The van der Waals surface area contributed by atoms with E-state index >= 15 is 0 Å². The van der Waals surface area contributed by atoms with Crippen molar-refractivity contribution in [3.05, 3.63) is 76.9 Å². The number of hydrogen-bond donors (Lipinski definition) is 2. The topological polar surface area (TPSA) is 110 Å². The molecule has 0 saturated heterocycles. The van der Waals surface area contributed by atoms with E-state index in [9.17, 15) is 23.6 Å². The maximum absolute atomic E-state index is 13.3. The minimum Gasteiger partial charge on any atom is -0.506 e. The Labute approximate surface area is 205 Å². The minimum absolute atomic E-state index is 0.0154. The third-order valence-corrected chi connectivity index (χ3v) is 6.68.